The number of hydrogen-bond donors (Lipinski definition) is 2. The first-order chi connectivity index (χ1) is 15.5. The third kappa shape index (κ3) is 21.2. The minimum Gasteiger partial charge on any atom is -0.466 e. The third-order valence-corrected chi connectivity index (χ3v) is 6.39. The van der Waals surface area contributed by atoms with Gasteiger partial charge in [0, 0.05) is 19.5 Å². The van der Waals surface area contributed by atoms with Gasteiger partial charge in [0.05, 0.1) is 19.3 Å². The van der Waals surface area contributed by atoms with Crippen molar-refractivity contribution in [3.63, 3.8) is 0 Å². The number of carbonyl (C=O) groups is 1. The van der Waals surface area contributed by atoms with Gasteiger partial charge in [0.25, 0.3) is 0 Å². The summed E-state index contributed by atoms with van der Waals surface area (Å²) in [5, 5.41) is 18.9. The summed E-state index contributed by atoms with van der Waals surface area (Å²) in [5.74, 6) is 0.658. The van der Waals surface area contributed by atoms with Crippen molar-refractivity contribution in [1.29, 1.82) is 0 Å². The average Bonchev–Trinajstić information content (AvgIpc) is 2.76. The third-order valence-electron chi connectivity index (χ3n) is 6.39. The Balaban J connectivity index is 3.82. The highest BCUT2D eigenvalue weighted by Crippen LogP contribution is 2.22. The van der Waals surface area contributed by atoms with E-state index < -0.39 is 0 Å². The quantitative estimate of drug-likeness (QED) is 0.135. The molecule has 0 rings (SSSR count). The number of carbonyl (C=O) groups excluding carboxylic acids is 1. The van der Waals surface area contributed by atoms with E-state index in [2.05, 4.69) is 13.8 Å². The molecular weight excluding hydrogens is 402 g/mol. The zero-order valence-electron chi connectivity index (χ0n) is 21.7. The number of rotatable bonds is 24. The van der Waals surface area contributed by atoms with Crippen LogP contribution >= 0.6 is 0 Å². The Bertz CT molecular complexity index is 393. The number of aliphatic hydroxyl groups excluding tert-OH is 2. The van der Waals surface area contributed by atoms with E-state index in [0.717, 1.165) is 38.5 Å². The largest absolute Gasteiger partial charge is 0.466 e. The van der Waals surface area contributed by atoms with Crippen molar-refractivity contribution in [1.82, 2.24) is 4.90 Å². The van der Waals surface area contributed by atoms with Crippen molar-refractivity contribution in [3.8, 4) is 0 Å². The van der Waals surface area contributed by atoms with Crippen molar-refractivity contribution in [2.75, 3.05) is 33.4 Å². The van der Waals surface area contributed by atoms with Gasteiger partial charge in [0.2, 0.25) is 0 Å². The van der Waals surface area contributed by atoms with E-state index in [1.54, 1.807) is 0 Å². The van der Waals surface area contributed by atoms with Gasteiger partial charge in [0.15, 0.2) is 0 Å². The first-order valence-corrected chi connectivity index (χ1v) is 13.7. The molecule has 1 atom stereocenters. The molecule has 0 fully saturated rings. The van der Waals surface area contributed by atoms with Gasteiger partial charge in [-0.15, -0.1) is 0 Å². The molecule has 0 spiro atoms. The second-order valence-corrected chi connectivity index (χ2v) is 9.67. The summed E-state index contributed by atoms with van der Waals surface area (Å²) in [4.78, 5) is 14.0. The van der Waals surface area contributed by atoms with Crippen molar-refractivity contribution in [2.24, 2.45) is 5.92 Å². The zero-order chi connectivity index (χ0) is 23.9. The van der Waals surface area contributed by atoms with Crippen LogP contribution in [0.3, 0.4) is 0 Å². The predicted octanol–water partition coefficient (Wildman–Crippen LogP) is 6.10. The summed E-state index contributed by atoms with van der Waals surface area (Å²) < 4.78 is 5.53. The Morgan fingerprint density at radius 3 is 1.97 bits per heavy atom. The van der Waals surface area contributed by atoms with Crippen LogP contribution in [0.2, 0.25) is 0 Å². The molecule has 0 aliphatic rings. The molecular formula is C27H55NO4. The lowest BCUT2D eigenvalue weighted by Gasteiger charge is -2.19. The summed E-state index contributed by atoms with van der Waals surface area (Å²) >= 11 is 0. The Hall–Kier alpha value is -0.650. The van der Waals surface area contributed by atoms with Crippen LogP contribution in [-0.2, 0) is 9.53 Å². The standard InChI is InChI=1S/C27H55NO4/c1-4-6-8-12-16-25(17-13-9-7-5-2)20-23-32-27(31)19-15-11-10-14-18-26(30)24-28(3)21-22-29/h25-26,29-30H,4-24H2,1-3H3/t26-/m0/s1. The van der Waals surface area contributed by atoms with Crippen LogP contribution in [-0.4, -0.2) is 60.5 Å². The van der Waals surface area contributed by atoms with Crippen molar-refractivity contribution < 1.29 is 19.7 Å². The van der Waals surface area contributed by atoms with E-state index in [-0.39, 0.29) is 18.7 Å². The molecule has 32 heavy (non-hydrogen) atoms. The number of ether oxygens (including phenoxy) is 1. The molecule has 0 saturated heterocycles. The first kappa shape index (κ1) is 31.4. The molecule has 0 aliphatic heterocycles. The molecule has 0 aromatic heterocycles. The number of aliphatic hydroxyl groups is 2. The lowest BCUT2D eigenvalue weighted by atomic mass is 9.92. The molecule has 0 bridgehead atoms. The maximum absolute atomic E-state index is 12.1. The van der Waals surface area contributed by atoms with Crippen LogP contribution in [0.5, 0.6) is 0 Å². The first-order valence-electron chi connectivity index (χ1n) is 13.7. The van der Waals surface area contributed by atoms with Gasteiger partial charge < -0.3 is 19.8 Å². The highest BCUT2D eigenvalue weighted by atomic mass is 16.5. The predicted molar refractivity (Wildman–Crippen MR) is 135 cm³/mol. The Morgan fingerprint density at radius 1 is 0.812 bits per heavy atom. The minimum atomic E-state index is -0.339. The summed E-state index contributed by atoms with van der Waals surface area (Å²) in [5.41, 5.74) is 0. The van der Waals surface area contributed by atoms with E-state index >= 15 is 0 Å². The van der Waals surface area contributed by atoms with Gasteiger partial charge in [-0.25, -0.2) is 0 Å². The highest BCUT2D eigenvalue weighted by molar-refractivity contribution is 5.69. The summed E-state index contributed by atoms with van der Waals surface area (Å²) in [6, 6.07) is 0. The van der Waals surface area contributed by atoms with Gasteiger partial charge in [0.1, 0.15) is 0 Å². The maximum atomic E-state index is 12.1. The van der Waals surface area contributed by atoms with E-state index in [0.29, 0.717) is 32.0 Å². The van der Waals surface area contributed by atoms with Gasteiger partial charge in [-0.3, -0.25) is 4.79 Å². The smallest absolute Gasteiger partial charge is 0.305 e. The molecule has 0 unspecified atom stereocenters. The average molecular weight is 458 g/mol. The van der Waals surface area contributed by atoms with Gasteiger partial charge in [-0.05, 0) is 32.2 Å². The van der Waals surface area contributed by atoms with Crippen molar-refractivity contribution in [2.45, 2.75) is 129 Å². The molecule has 5 nitrogen and oxygen atoms in total. The summed E-state index contributed by atoms with van der Waals surface area (Å²) in [6.07, 6.45) is 18.9. The number of likely N-dealkylation sites (N-methyl/N-ethyl adjacent to an activating group) is 1. The number of hydrogen-bond acceptors (Lipinski definition) is 5. The molecule has 0 amide bonds. The molecule has 5 heteroatoms. The number of esters is 1. The SMILES string of the molecule is CCCCCCC(CCCCCC)CCOC(=O)CCCCCC[C@H](O)CN(C)CCO. The van der Waals surface area contributed by atoms with Crippen LogP contribution < -0.4 is 0 Å². The summed E-state index contributed by atoms with van der Waals surface area (Å²) in [7, 11) is 1.91. The maximum Gasteiger partial charge on any atom is 0.305 e. The molecule has 0 aliphatic carbocycles. The van der Waals surface area contributed by atoms with Gasteiger partial charge >= 0.3 is 5.97 Å². The molecule has 0 radical (unpaired) electrons. The normalized spacial score (nSPS) is 12.6. The van der Waals surface area contributed by atoms with Gasteiger partial charge in [-0.1, -0.05) is 97.3 Å². The fourth-order valence-electron chi connectivity index (χ4n) is 4.28. The topological polar surface area (TPSA) is 70.0 Å². The monoisotopic (exact) mass is 457 g/mol. The van der Waals surface area contributed by atoms with E-state index in [1.807, 2.05) is 11.9 Å². The zero-order valence-corrected chi connectivity index (χ0v) is 21.7. The van der Waals surface area contributed by atoms with Crippen LogP contribution in [0.1, 0.15) is 123 Å². The molecule has 192 valence electrons. The van der Waals surface area contributed by atoms with E-state index in [1.165, 1.54) is 64.2 Å². The second-order valence-electron chi connectivity index (χ2n) is 9.67. The Labute approximate surface area is 199 Å². The van der Waals surface area contributed by atoms with Crippen LogP contribution in [0.4, 0.5) is 0 Å². The molecule has 0 aromatic rings. The highest BCUT2D eigenvalue weighted by Gasteiger charge is 2.11. The minimum absolute atomic E-state index is 0.0496. The van der Waals surface area contributed by atoms with Crippen LogP contribution in [0, 0.1) is 5.92 Å². The number of nitrogens with zero attached hydrogens (tertiary/aromatic N) is 1. The van der Waals surface area contributed by atoms with E-state index in [4.69, 9.17) is 9.84 Å². The Kier molecular flexibility index (Phi) is 23.0. The Morgan fingerprint density at radius 2 is 1.38 bits per heavy atom. The van der Waals surface area contributed by atoms with Gasteiger partial charge in [-0.2, -0.15) is 0 Å². The second kappa shape index (κ2) is 23.5. The lowest BCUT2D eigenvalue weighted by Crippen LogP contribution is -2.31. The summed E-state index contributed by atoms with van der Waals surface area (Å²) in [6.45, 7) is 6.41. The lowest BCUT2D eigenvalue weighted by molar-refractivity contribution is -0.144. The number of unbranched alkanes of at least 4 members (excludes halogenated alkanes) is 9. The molecule has 0 aromatic carbocycles. The van der Waals surface area contributed by atoms with Crippen LogP contribution in [0.25, 0.3) is 0 Å². The van der Waals surface area contributed by atoms with Crippen molar-refractivity contribution in [3.05, 3.63) is 0 Å². The molecule has 0 saturated carbocycles. The van der Waals surface area contributed by atoms with Crippen LogP contribution in [0.15, 0.2) is 0 Å². The van der Waals surface area contributed by atoms with E-state index in [9.17, 15) is 9.90 Å². The fraction of sp³-hybridized carbons (Fsp3) is 0.963. The van der Waals surface area contributed by atoms with Crippen molar-refractivity contribution >= 4 is 5.97 Å². The molecule has 0 heterocycles. The molecule has 2 N–H and O–H groups in total. The fourth-order valence-corrected chi connectivity index (χ4v) is 4.28.